The topological polar surface area (TPSA) is 115 Å². The van der Waals surface area contributed by atoms with Crippen molar-refractivity contribution >= 4 is 35.0 Å². The van der Waals surface area contributed by atoms with E-state index in [0.29, 0.717) is 29.7 Å². The van der Waals surface area contributed by atoms with Crippen LogP contribution in [0.5, 0.6) is 11.5 Å². The molecule has 1 aliphatic rings. The van der Waals surface area contributed by atoms with Gasteiger partial charge in [-0.2, -0.15) is 0 Å². The average Bonchev–Trinajstić information content (AvgIpc) is 3.21. The number of pyridine rings is 1. The van der Waals surface area contributed by atoms with Gasteiger partial charge in [0.15, 0.2) is 0 Å². The Morgan fingerprint density at radius 3 is 2.41 bits per heavy atom. The van der Waals surface area contributed by atoms with Gasteiger partial charge in [-0.05, 0) is 41.8 Å². The third-order valence-corrected chi connectivity index (χ3v) is 6.54. The van der Waals surface area contributed by atoms with Gasteiger partial charge >= 0.3 is 5.97 Å². The standard InChI is InChI=1S/C29H27ClN2O7/c1-4-12-39-29(36)18-9-7-17(8-10-18)16-32-25(19-6-5-11-31-15-19)24(27(34)28(32)35)26(33)20-13-23(38-3)21(30)14-22(20)37-2/h5-11,13-15,25,33H,4,12,16H2,1-3H3/b26-24+. The molecule has 39 heavy (non-hydrogen) atoms. The van der Waals surface area contributed by atoms with Gasteiger partial charge < -0.3 is 24.2 Å². The van der Waals surface area contributed by atoms with Crippen LogP contribution in [-0.2, 0) is 20.9 Å². The maximum atomic E-state index is 13.4. The molecule has 0 bridgehead atoms. The molecule has 2 heterocycles. The van der Waals surface area contributed by atoms with E-state index in [-0.39, 0.29) is 34.2 Å². The summed E-state index contributed by atoms with van der Waals surface area (Å²) in [5.74, 6) is -2.09. The number of carbonyl (C=O) groups is 3. The molecule has 1 atom stereocenters. The number of amides is 1. The number of rotatable bonds is 9. The van der Waals surface area contributed by atoms with Gasteiger partial charge in [0, 0.05) is 25.0 Å². The molecule has 1 unspecified atom stereocenters. The van der Waals surface area contributed by atoms with E-state index >= 15 is 0 Å². The number of halogens is 1. The Balaban J connectivity index is 1.78. The summed E-state index contributed by atoms with van der Waals surface area (Å²) < 4.78 is 15.8. The van der Waals surface area contributed by atoms with Crippen molar-refractivity contribution in [2.75, 3.05) is 20.8 Å². The molecule has 0 aliphatic carbocycles. The van der Waals surface area contributed by atoms with Crippen molar-refractivity contribution in [3.63, 3.8) is 0 Å². The van der Waals surface area contributed by atoms with Gasteiger partial charge in [0.2, 0.25) is 0 Å². The normalized spacial score (nSPS) is 16.3. The predicted molar refractivity (Wildman–Crippen MR) is 144 cm³/mol. The molecule has 0 saturated carbocycles. The maximum Gasteiger partial charge on any atom is 0.338 e. The molecular weight excluding hydrogens is 524 g/mol. The highest BCUT2D eigenvalue weighted by atomic mass is 35.5. The minimum Gasteiger partial charge on any atom is -0.507 e. The Bertz CT molecular complexity index is 1420. The number of ketones is 1. The molecule has 1 fully saturated rings. The fourth-order valence-electron chi connectivity index (χ4n) is 4.34. The lowest BCUT2D eigenvalue weighted by atomic mass is 9.95. The van der Waals surface area contributed by atoms with Crippen LogP contribution in [-0.4, -0.2) is 53.5 Å². The number of likely N-dealkylation sites (tertiary alicyclic amines) is 1. The SMILES string of the molecule is CCCOC(=O)c1ccc(CN2C(=O)C(=O)/C(=C(/O)c3cc(OC)c(Cl)cc3OC)C2c2cccnc2)cc1. The summed E-state index contributed by atoms with van der Waals surface area (Å²) in [6, 6.07) is 11.9. The van der Waals surface area contributed by atoms with E-state index in [1.807, 2.05) is 6.92 Å². The second kappa shape index (κ2) is 12.0. The molecule has 0 radical (unpaired) electrons. The van der Waals surface area contributed by atoms with Crippen LogP contribution in [0.4, 0.5) is 0 Å². The molecule has 2 aromatic carbocycles. The molecule has 10 heteroatoms. The number of aliphatic hydroxyl groups excluding tert-OH is 1. The number of hydrogen-bond acceptors (Lipinski definition) is 8. The molecule has 9 nitrogen and oxygen atoms in total. The Hall–Kier alpha value is -4.37. The zero-order valence-corrected chi connectivity index (χ0v) is 22.4. The Morgan fingerprint density at radius 2 is 1.79 bits per heavy atom. The van der Waals surface area contributed by atoms with Crippen LogP contribution < -0.4 is 9.47 Å². The number of hydrogen-bond donors (Lipinski definition) is 1. The fourth-order valence-corrected chi connectivity index (χ4v) is 4.57. The van der Waals surface area contributed by atoms with E-state index in [4.69, 9.17) is 25.8 Å². The van der Waals surface area contributed by atoms with Gasteiger partial charge in [0.05, 0.1) is 48.6 Å². The van der Waals surface area contributed by atoms with Crippen LogP contribution in [0.3, 0.4) is 0 Å². The Labute approximate surface area is 230 Å². The molecule has 1 amide bonds. The number of benzene rings is 2. The number of ether oxygens (including phenoxy) is 3. The van der Waals surface area contributed by atoms with Gasteiger partial charge in [-0.15, -0.1) is 0 Å². The lowest BCUT2D eigenvalue weighted by Crippen LogP contribution is -2.29. The number of aromatic nitrogens is 1. The summed E-state index contributed by atoms with van der Waals surface area (Å²) >= 11 is 6.22. The van der Waals surface area contributed by atoms with Crippen molar-refractivity contribution in [2.45, 2.75) is 25.9 Å². The van der Waals surface area contributed by atoms with Gasteiger partial charge in [-0.25, -0.2) is 4.79 Å². The molecule has 1 N–H and O–H groups in total. The first-order chi connectivity index (χ1) is 18.8. The van der Waals surface area contributed by atoms with Crippen molar-refractivity contribution in [3.05, 3.63) is 93.8 Å². The average molecular weight is 551 g/mol. The Morgan fingerprint density at radius 1 is 1.08 bits per heavy atom. The van der Waals surface area contributed by atoms with E-state index in [0.717, 1.165) is 0 Å². The van der Waals surface area contributed by atoms with Crippen molar-refractivity contribution in [1.29, 1.82) is 0 Å². The first-order valence-corrected chi connectivity index (χ1v) is 12.5. The summed E-state index contributed by atoms with van der Waals surface area (Å²) in [5.41, 5.74) is 1.58. The largest absolute Gasteiger partial charge is 0.507 e. The molecule has 3 aromatic rings. The summed E-state index contributed by atoms with van der Waals surface area (Å²) in [6.45, 7) is 2.26. The van der Waals surface area contributed by atoms with Gasteiger partial charge in [-0.1, -0.05) is 36.7 Å². The summed E-state index contributed by atoms with van der Waals surface area (Å²) in [4.78, 5) is 44.4. The molecular formula is C29H27ClN2O7. The van der Waals surface area contributed by atoms with Gasteiger partial charge in [0.25, 0.3) is 11.7 Å². The van der Waals surface area contributed by atoms with E-state index in [2.05, 4.69) is 4.98 Å². The number of Topliss-reactive ketones (excluding diaryl/α,β-unsaturated/α-hetero) is 1. The first-order valence-electron chi connectivity index (χ1n) is 12.2. The first kappa shape index (κ1) is 27.7. The van der Waals surface area contributed by atoms with Crippen LogP contribution in [0, 0.1) is 0 Å². The van der Waals surface area contributed by atoms with E-state index in [9.17, 15) is 19.5 Å². The van der Waals surface area contributed by atoms with Crippen LogP contribution >= 0.6 is 11.6 Å². The molecule has 1 aromatic heterocycles. The molecule has 1 aliphatic heterocycles. The van der Waals surface area contributed by atoms with Crippen molar-refractivity contribution in [3.8, 4) is 11.5 Å². The molecule has 4 rings (SSSR count). The van der Waals surface area contributed by atoms with Crippen molar-refractivity contribution in [2.24, 2.45) is 0 Å². The van der Waals surface area contributed by atoms with E-state index in [1.165, 1.54) is 37.4 Å². The second-order valence-electron chi connectivity index (χ2n) is 8.73. The molecule has 202 valence electrons. The number of esters is 1. The predicted octanol–water partition coefficient (Wildman–Crippen LogP) is 4.94. The zero-order valence-electron chi connectivity index (χ0n) is 21.6. The highest BCUT2D eigenvalue weighted by molar-refractivity contribution is 6.46. The monoisotopic (exact) mass is 550 g/mol. The van der Waals surface area contributed by atoms with Crippen LogP contribution in [0.15, 0.2) is 66.5 Å². The van der Waals surface area contributed by atoms with Crippen LogP contribution in [0.2, 0.25) is 5.02 Å². The lowest BCUT2D eigenvalue weighted by Gasteiger charge is -2.25. The number of nitrogens with zero attached hydrogens (tertiary/aromatic N) is 2. The van der Waals surface area contributed by atoms with E-state index in [1.54, 1.807) is 42.6 Å². The zero-order chi connectivity index (χ0) is 28.1. The lowest BCUT2D eigenvalue weighted by molar-refractivity contribution is -0.140. The van der Waals surface area contributed by atoms with E-state index < -0.39 is 29.5 Å². The quantitative estimate of drug-likeness (QED) is 0.172. The highest BCUT2D eigenvalue weighted by Crippen LogP contribution is 2.43. The summed E-state index contributed by atoms with van der Waals surface area (Å²) in [5, 5.41) is 11.7. The molecule has 0 spiro atoms. The maximum absolute atomic E-state index is 13.4. The minimum atomic E-state index is -0.945. The fraction of sp³-hybridized carbons (Fsp3) is 0.241. The third kappa shape index (κ3) is 5.58. The number of aliphatic hydroxyl groups is 1. The number of carbonyl (C=O) groups excluding carboxylic acids is 3. The van der Waals surface area contributed by atoms with Crippen LogP contribution in [0.1, 0.15) is 46.4 Å². The van der Waals surface area contributed by atoms with Crippen LogP contribution in [0.25, 0.3) is 5.76 Å². The van der Waals surface area contributed by atoms with Gasteiger partial charge in [0.1, 0.15) is 17.3 Å². The van der Waals surface area contributed by atoms with Crippen molar-refractivity contribution < 1.29 is 33.7 Å². The smallest absolute Gasteiger partial charge is 0.338 e. The Kier molecular flexibility index (Phi) is 8.51. The highest BCUT2D eigenvalue weighted by Gasteiger charge is 2.46. The summed E-state index contributed by atoms with van der Waals surface area (Å²) in [6.07, 6.45) is 3.81. The summed E-state index contributed by atoms with van der Waals surface area (Å²) in [7, 11) is 2.81. The third-order valence-electron chi connectivity index (χ3n) is 6.25. The number of methoxy groups -OCH3 is 2. The van der Waals surface area contributed by atoms with Gasteiger partial charge in [-0.3, -0.25) is 14.6 Å². The second-order valence-corrected chi connectivity index (χ2v) is 9.14. The molecule has 1 saturated heterocycles. The minimum absolute atomic E-state index is 0.0340. The van der Waals surface area contributed by atoms with Crippen molar-refractivity contribution in [1.82, 2.24) is 9.88 Å².